The van der Waals surface area contributed by atoms with Gasteiger partial charge in [0.25, 0.3) is 0 Å². The van der Waals surface area contributed by atoms with Crippen LogP contribution in [0.25, 0.3) is 11.1 Å². The molecule has 0 unspecified atom stereocenters. The Morgan fingerprint density at radius 1 is 0.952 bits per heavy atom. The smallest absolute Gasteiger partial charge is 0.404 e. The number of rotatable bonds is 3. The third kappa shape index (κ3) is 7.12. The first-order valence-corrected chi connectivity index (χ1v) is 7.31. The molecular weight excluding hydrogens is 293 g/mol. The lowest BCUT2D eigenvalue weighted by molar-refractivity contribution is 0.283. The minimum atomic E-state index is -4.47. The molecule has 0 fully saturated rings. The van der Waals surface area contributed by atoms with Gasteiger partial charge in [-0.2, -0.15) is 0 Å². The van der Waals surface area contributed by atoms with Crippen LogP contribution in [0, 0.1) is 5.41 Å². The Labute approximate surface area is 121 Å². The Morgan fingerprint density at radius 3 is 1.81 bits per heavy atom. The molecule has 0 amide bonds. The maximum absolute atomic E-state index is 10.6. The van der Waals surface area contributed by atoms with E-state index in [1.807, 2.05) is 30.3 Å². The Morgan fingerprint density at radius 2 is 1.38 bits per heavy atom. The Kier molecular flexibility index (Phi) is 5.92. The van der Waals surface area contributed by atoms with Crippen LogP contribution in [-0.4, -0.2) is 15.7 Å². The minimum absolute atomic E-state index is 0.151. The van der Waals surface area contributed by atoms with E-state index in [1.54, 1.807) is 12.1 Å². The Hall–Kier alpha value is -2.34. The van der Waals surface area contributed by atoms with Crippen LogP contribution in [0.1, 0.15) is 0 Å². The second-order valence-corrected chi connectivity index (χ2v) is 5.09. The second-order valence-electron chi connectivity index (χ2n) is 3.93. The fourth-order valence-electron chi connectivity index (χ4n) is 1.48. The fourth-order valence-corrected chi connectivity index (χ4v) is 1.87. The quantitative estimate of drug-likeness (QED) is 0.331. The Balaban J connectivity index is 0.000000491. The molecule has 0 spiro atoms. The van der Waals surface area contributed by atoms with E-state index in [1.165, 1.54) is 12.1 Å². The summed E-state index contributed by atoms with van der Waals surface area (Å²) in [6, 6.07) is 16.3. The van der Waals surface area contributed by atoms with Crippen LogP contribution in [0.5, 0.6) is 5.75 Å². The van der Waals surface area contributed by atoms with Gasteiger partial charge in [-0.3, -0.25) is 15.2 Å². The monoisotopic (exact) mass is 309 g/mol. The van der Waals surface area contributed by atoms with Crippen LogP contribution in [0.4, 0.5) is 0 Å². The van der Waals surface area contributed by atoms with E-state index in [2.05, 4.69) is 16.0 Å². The highest BCUT2D eigenvalue weighted by atomic mass is 31.2. The zero-order valence-electron chi connectivity index (χ0n) is 11.0. The summed E-state index contributed by atoms with van der Waals surface area (Å²) in [5.74, 6) is -0.182. The van der Waals surface area contributed by atoms with Crippen LogP contribution in [-0.2, 0) is 4.57 Å². The summed E-state index contributed by atoms with van der Waals surface area (Å²) in [5.41, 5.74) is 10.9. The van der Waals surface area contributed by atoms with Crippen LogP contribution in [0.15, 0.2) is 54.6 Å². The first-order chi connectivity index (χ1) is 9.78. The van der Waals surface area contributed by atoms with Crippen LogP contribution >= 0.6 is 7.82 Å². The van der Waals surface area contributed by atoms with Gasteiger partial charge in [-0.1, -0.05) is 42.5 Å². The summed E-state index contributed by atoms with van der Waals surface area (Å²) >= 11 is 0. The highest BCUT2D eigenvalue weighted by Gasteiger charge is 2.15. The SMILES string of the molecule is N=C(N)N.O=P(O)(O)Oc1ccc(-c2ccccc2)cc1. The molecule has 0 aromatic heterocycles. The number of hydrogen-bond acceptors (Lipinski definition) is 3. The van der Waals surface area contributed by atoms with Crippen molar-refractivity contribution in [1.82, 2.24) is 0 Å². The number of hydrogen-bond donors (Lipinski definition) is 5. The van der Waals surface area contributed by atoms with E-state index in [4.69, 9.17) is 15.2 Å². The van der Waals surface area contributed by atoms with Crippen LogP contribution < -0.4 is 16.0 Å². The predicted molar refractivity (Wildman–Crippen MR) is 80.7 cm³/mol. The van der Waals surface area contributed by atoms with E-state index in [0.717, 1.165) is 11.1 Å². The molecule has 0 saturated carbocycles. The molecule has 0 saturated heterocycles. The van der Waals surface area contributed by atoms with Gasteiger partial charge in [0.05, 0.1) is 0 Å². The maximum Gasteiger partial charge on any atom is 0.524 e. The Bertz CT molecular complexity index is 622. The molecule has 0 aliphatic heterocycles. The molecule has 0 radical (unpaired) electrons. The van der Waals surface area contributed by atoms with E-state index < -0.39 is 7.82 Å². The standard InChI is InChI=1S/C12H11O4P.CH5N3/c13-17(14,15)16-12-8-6-11(7-9-12)10-4-2-1-3-5-10;2-1(3)4/h1-9H,(H2,13,14,15);(H5,2,3,4). The van der Waals surface area contributed by atoms with Crippen molar-refractivity contribution in [1.29, 1.82) is 5.41 Å². The van der Waals surface area contributed by atoms with E-state index in [-0.39, 0.29) is 11.7 Å². The molecule has 0 aliphatic rings. The van der Waals surface area contributed by atoms with E-state index in [0.29, 0.717) is 0 Å². The van der Waals surface area contributed by atoms with Crippen molar-refractivity contribution in [3.05, 3.63) is 54.6 Å². The summed E-state index contributed by atoms with van der Waals surface area (Å²) in [5, 5.41) is 6.06. The lowest BCUT2D eigenvalue weighted by Crippen LogP contribution is -2.20. The van der Waals surface area contributed by atoms with Gasteiger partial charge in [-0.15, -0.1) is 0 Å². The van der Waals surface area contributed by atoms with Crippen molar-refractivity contribution in [2.24, 2.45) is 11.5 Å². The van der Waals surface area contributed by atoms with Crippen molar-refractivity contribution in [2.45, 2.75) is 0 Å². The highest BCUT2D eigenvalue weighted by Crippen LogP contribution is 2.37. The molecule has 2 rings (SSSR count). The lowest BCUT2D eigenvalue weighted by atomic mass is 10.1. The van der Waals surface area contributed by atoms with Gasteiger partial charge in [-0.05, 0) is 23.3 Å². The molecule has 8 heteroatoms. The first kappa shape index (κ1) is 16.7. The van der Waals surface area contributed by atoms with Gasteiger partial charge < -0.3 is 16.0 Å². The number of phosphoric ester groups is 1. The first-order valence-electron chi connectivity index (χ1n) is 5.78. The zero-order chi connectivity index (χ0) is 15.9. The third-order valence-electron chi connectivity index (χ3n) is 2.19. The molecular formula is C13H16N3O4P. The normalized spacial score (nSPS) is 10.2. The zero-order valence-corrected chi connectivity index (χ0v) is 11.9. The van der Waals surface area contributed by atoms with Crippen molar-refractivity contribution in [3.8, 4) is 16.9 Å². The molecule has 7 N–H and O–H groups in total. The topological polar surface area (TPSA) is 143 Å². The fraction of sp³-hybridized carbons (Fsp3) is 0. The number of benzene rings is 2. The molecule has 2 aromatic rings. The summed E-state index contributed by atoms with van der Waals surface area (Å²) < 4.78 is 15.1. The van der Waals surface area contributed by atoms with E-state index in [9.17, 15) is 4.57 Å². The van der Waals surface area contributed by atoms with E-state index >= 15 is 0 Å². The number of nitrogens with one attached hydrogen (secondary N) is 1. The van der Waals surface area contributed by atoms with Gasteiger partial charge in [0.15, 0.2) is 5.96 Å². The highest BCUT2D eigenvalue weighted by molar-refractivity contribution is 7.46. The predicted octanol–water partition coefficient (Wildman–Crippen LogP) is 1.66. The van der Waals surface area contributed by atoms with Gasteiger partial charge in [0.1, 0.15) is 5.75 Å². The summed E-state index contributed by atoms with van der Waals surface area (Å²) in [4.78, 5) is 17.3. The van der Waals surface area contributed by atoms with Crippen molar-refractivity contribution >= 4 is 13.8 Å². The average molecular weight is 309 g/mol. The van der Waals surface area contributed by atoms with Gasteiger partial charge >= 0.3 is 7.82 Å². The molecule has 0 aliphatic carbocycles. The van der Waals surface area contributed by atoms with Gasteiger partial charge in [-0.25, -0.2) is 4.57 Å². The largest absolute Gasteiger partial charge is 0.524 e. The van der Waals surface area contributed by atoms with Gasteiger partial charge in [0.2, 0.25) is 0 Å². The number of phosphoric acid groups is 1. The molecule has 7 nitrogen and oxygen atoms in total. The number of nitrogens with two attached hydrogens (primary N) is 2. The molecule has 0 bridgehead atoms. The lowest BCUT2D eigenvalue weighted by Gasteiger charge is -2.07. The molecule has 2 aromatic carbocycles. The summed E-state index contributed by atoms with van der Waals surface area (Å²) in [7, 11) is -4.47. The summed E-state index contributed by atoms with van der Waals surface area (Å²) in [6.07, 6.45) is 0. The third-order valence-corrected chi connectivity index (χ3v) is 2.63. The van der Waals surface area contributed by atoms with Gasteiger partial charge in [0, 0.05) is 0 Å². The molecule has 0 heterocycles. The van der Waals surface area contributed by atoms with Crippen molar-refractivity contribution in [3.63, 3.8) is 0 Å². The molecule has 21 heavy (non-hydrogen) atoms. The van der Waals surface area contributed by atoms with Crippen LogP contribution in [0.2, 0.25) is 0 Å². The minimum Gasteiger partial charge on any atom is -0.404 e. The summed E-state index contributed by atoms with van der Waals surface area (Å²) in [6.45, 7) is 0. The van der Waals surface area contributed by atoms with Crippen molar-refractivity contribution < 1.29 is 18.9 Å². The number of guanidine groups is 1. The molecule has 0 atom stereocenters. The second kappa shape index (κ2) is 7.44. The van der Waals surface area contributed by atoms with Crippen molar-refractivity contribution in [2.75, 3.05) is 0 Å². The maximum atomic E-state index is 10.6. The molecule has 112 valence electrons. The average Bonchev–Trinajstić information content (AvgIpc) is 2.38. The van der Waals surface area contributed by atoms with Crippen LogP contribution in [0.3, 0.4) is 0 Å².